The minimum absolute atomic E-state index is 0.0232. The number of nitro groups is 1. The molecular weight excluding hydrogens is 540 g/mol. The lowest BCUT2D eigenvalue weighted by molar-refractivity contribution is -0.384. The lowest BCUT2D eigenvalue weighted by atomic mass is 9.97. The molecular formula is C28H21ClN4O5S. The number of hydrazone groups is 1. The van der Waals surface area contributed by atoms with E-state index in [9.17, 15) is 18.5 Å². The Bertz CT molecular complexity index is 1820. The first-order valence-electron chi connectivity index (χ1n) is 11.6. The number of halogens is 1. The number of nitrogens with one attached hydrogen (secondary N) is 2. The fourth-order valence-electron chi connectivity index (χ4n) is 4.27. The van der Waals surface area contributed by atoms with Gasteiger partial charge in [-0.05, 0) is 35.0 Å². The molecule has 0 aliphatic carbocycles. The highest BCUT2D eigenvalue weighted by Crippen LogP contribution is 2.35. The van der Waals surface area contributed by atoms with Crippen molar-refractivity contribution in [2.24, 2.45) is 5.10 Å². The van der Waals surface area contributed by atoms with Crippen molar-refractivity contribution in [2.75, 3.05) is 17.3 Å². The number of hydrogen-bond donors (Lipinski definition) is 2. The molecule has 9 nitrogen and oxygen atoms in total. The van der Waals surface area contributed by atoms with Gasteiger partial charge in [-0.15, -0.1) is 0 Å². The van der Waals surface area contributed by atoms with Crippen LogP contribution in [0.2, 0.25) is 5.02 Å². The number of rotatable bonds is 8. The summed E-state index contributed by atoms with van der Waals surface area (Å²) in [5, 5.41) is 20.2. The van der Waals surface area contributed by atoms with Crippen LogP contribution in [0.4, 0.5) is 17.1 Å². The lowest BCUT2D eigenvalue weighted by Crippen LogP contribution is -2.14. The van der Waals surface area contributed by atoms with E-state index in [0.717, 1.165) is 33.2 Å². The summed E-state index contributed by atoms with van der Waals surface area (Å²) in [4.78, 5) is 10.9. The monoisotopic (exact) mass is 560 g/mol. The normalized spacial score (nSPS) is 11.6. The van der Waals surface area contributed by atoms with Gasteiger partial charge in [-0.3, -0.25) is 20.3 Å². The number of nitro benzene ring substituents is 1. The van der Waals surface area contributed by atoms with Crippen LogP contribution < -0.4 is 14.9 Å². The van der Waals surface area contributed by atoms with Gasteiger partial charge in [-0.25, -0.2) is 8.42 Å². The number of ether oxygens (including phenoxy) is 1. The van der Waals surface area contributed by atoms with Crippen molar-refractivity contribution < 1.29 is 18.1 Å². The molecule has 39 heavy (non-hydrogen) atoms. The summed E-state index contributed by atoms with van der Waals surface area (Å²) >= 11 is 6.66. The van der Waals surface area contributed by atoms with E-state index in [0.29, 0.717) is 10.8 Å². The summed E-state index contributed by atoms with van der Waals surface area (Å²) in [5.74, 6) is 0.311. The number of fused-ring (bicyclic) bond motifs is 2. The van der Waals surface area contributed by atoms with Crippen molar-refractivity contribution in [1.82, 2.24) is 0 Å². The molecule has 0 fully saturated rings. The zero-order valence-corrected chi connectivity index (χ0v) is 22.0. The Hall–Kier alpha value is -4.67. The standard InChI is InChI=1S/C28H21ClN4O5S/c1-38-27-13-7-6-12-25(27)32-39(36,37)18-14-15-24(26(16-18)33(34)35)31-30-17-23-19-8-2-4-10-21(19)28(29)22-11-5-3-9-20(22)23/h2-17,31-32H,1H3/b30-17-. The van der Waals surface area contributed by atoms with E-state index in [1.165, 1.54) is 25.3 Å². The molecule has 5 rings (SSSR count). The first-order chi connectivity index (χ1) is 18.8. The molecule has 0 atom stereocenters. The fourth-order valence-corrected chi connectivity index (χ4v) is 5.69. The van der Waals surface area contributed by atoms with Gasteiger partial charge >= 0.3 is 0 Å². The second-order valence-corrected chi connectivity index (χ2v) is 10.5. The highest BCUT2D eigenvalue weighted by atomic mass is 35.5. The fraction of sp³-hybridized carbons (Fsp3) is 0.0357. The van der Waals surface area contributed by atoms with Gasteiger partial charge in [0.15, 0.2) is 0 Å². The number of benzene rings is 5. The smallest absolute Gasteiger partial charge is 0.295 e. The highest BCUT2D eigenvalue weighted by molar-refractivity contribution is 7.92. The maximum absolute atomic E-state index is 13.0. The first-order valence-corrected chi connectivity index (χ1v) is 13.5. The third-order valence-electron chi connectivity index (χ3n) is 6.11. The summed E-state index contributed by atoms with van der Waals surface area (Å²) in [6.07, 6.45) is 1.57. The van der Waals surface area contributed by atoms with Crippen molar-refractivity contribution >= 4 is 66.4 Å². The summed E-state index contributed by atoms with van der Waals surface area (Å²) in [7, 11) is -2.74. The van der Waals surface area contributed by atoms with Crippen LogP contribution in [-0.4, -0.2) is 26.7 Å². The zero-order chi connectivity index (χ0) is 27.6. The molecule has 0 saturated heterocycles. The number of nitrogens with zero attached hydrogens (tertiary/aromatic N) is 2. The van der Waals surface area contributed by atoms with Gasteiger partial charge in [0.2, 0.25) is 0 Å². The van der Waals surface area contributed by atoms with Crippen LogP contribution >= 0.6 is 11.6 Å². The number of hydrogen-bond acceptors (Lipinski definition) is 7. The van der Waals surface area contributed by atoms with Crippen LogP contribution in [-0.2, 0) is 10.0 Å². The molecule has 196 valence electrons. The highest BCUT2D eigenvalue weighted by Gasteiger charge is 2.22. The van der Waals surface area contributed by atoms with E-state index in [1.807, 2.05) is 48.5 Å². The molecule has 0 unspecified atom stereocenters. The van der Waals surface area contributed by atoms with Gasteiger partial charge in [0.25, 0.3) is 15.7 Å². The summed E-state index contributed by atoms with van der Waals surface area (Å²) in [6.45, 7) is 0. The Labute approximate surface area is 228 Å². The molecule has 0 saturated carbocycles. The van der Waals surface area contributed by atoms with Crippen molar-refractivity contribution in [3.8, 4) is 5.75 Å². The van der Waals surface area contributed by atoms with Gasteiger partial charge in [0.1, 0.15) is 11.4 Å². The average molecular weight is 561 g/mol. The Morgan fingerprint density at radius 2 is 1.46 bits per heavy atom. The van der Waals surface area contributed by atoms with Gasteiger partial charge in [0, 0.05) is 22.4 Å². The van der Waals surface area contributed by atoms with Crippen molar-refractivity contribution in [3.05, 3.63) is 112 Å². The predicted molar refractivity (Wildman–Crippen MR) is 155 cm³/mol. The number of sulfonamides is 1. The van der Waals surface area contributed by atoms with Crippen LogP contribution in [0, 0.1) is 10.1 Å². The van der Waals surface area contributed by atoms with E-state index >= 15 is 0 Å². The lowest BCUT2D eigenvalue weighted by Gasteiger charge is -2.12. The van der Waals surface area contributed by atoms with Crippen molar-refractivity contribution in [1.29, 1.82) is 0 Å². The Kier molecular flexibility index (Phi) is 7.05. The van der Waals surface area contributed by atoms with E-state index < -0.39 is 20.6 Å². The van der Waals surface area contributed by atoms with E-state index in [-0.39, 0.29) is 16.3 Å². The molecule has 0 aromatic heterocycles. The Balaban J connectivity index is 1.49. The van der Waals surface area contributed by atoms with Crippen LogP contribution in [0.25, 0.3) is 21.5 Å². The molecule has 11 heteroatoms. The summed E-state index contributed by atoms with van der Waals surface area (Å²) in [5.41, 5.74) is 3.24. The molecule has 0 aliphatic rings. The Morgan fingerprint density at radius 1 is 0.872 bits per heavy atom. The number of para-hydroxylation sites is 2. The quantitative estimate of drug-likeness (QED) is 0.0930. The Morgan fingerprint density at radius 3 is 2.08 bits per heavy atom. The van der Waals surface area contributed by atoms with Crippen LogP contribution in [0.5, 0.6) is 5.75 Å². The molecule has 5 aromatic carbocycles. The van der Waals surface area contributed by atoms with Crippen LogP contribution in [0.3, 0.4) is 0 Å². The molecule has 0 heterocycles. The molecule has 0 aliphatic heterocycles. The van der Waals surface area contributed by atoms with Crippen molar-refractivity contribution in [3.63, 3.8) is 0 Å². The van der Waals surface area contributed by atoms with E-state index in [4.69, 9.17) is 16.3 Å². The second kappa shape index (κ2) is 10.6. The topological polar surface area (TPSA) is 123 Å². The minimum Gasteiger partial charge on any atom is -0.495 e. The van der Waals surface area contributed by atoms with Crippen LogP contribution in [0.1, 0.15) is 5.56 Å². The van der Waals surface area contributed by atoms with Crippen LogP contribution in [0.15, 0.2) is 101 Å². The molecule has 0 spiro atoms. The number of anilines is 2. The van der Waals surface area contributed by atoms with Gasteiger partial charge in [-0.1, -0.05) is 72.3 Å². The summed E-state index contributed by atoms with van der Waals surface area (Å²) in [6, 6.07) is 25.2. The predicted octanol–water partition coefficient (Wildman–Crippen LogP) is 6.81. The average Bonchev–Trinajstić information content (AvgIpc) is 2.95. The molecule has 2 N–H and O–H groups in total. The molecule has 5 aromatic rings. The second-order valence-electron chi connectivity index (χ2n) is 8.43. The molecule has 0 amide bonds. The SMILES string of the molecule is COc1ccccc1NS(=O)(=O)c1ccc(N/N=C\c2c3ccccc3c(Cl)c3ccccc23)c([N+](=O)[O-])c1. The maximum atomic E-state index is 13.0. The largest absolute Gasteiger partial charge is 0.495 e. The van der Waals surface area contributed by atoms with Gasteiger partial charge < -0.3 is 4.74 Å². The minimum atomic E-state index is -4.15. The molecule has 0 radical (unpaired) electrons. The number of methoxy groups -OCH3 is 1. The van der Waals surface area contributed by atoms with Gasteiger partial charge in [0.05, 0.1) is 33.9 Å². The van der Waals surface area contributed by atoms with Crippen molar-refractivity contribution in [2.45, 2.75) is 4.90 Å². The van der Waals surface area contributed by atoms with Gasteiger partial charge in [-0.2, -0.15) is 5.10 Å². The zero-order valence-electron chi connectivity index (χ0n) is 20.5. The molecule has 0 bridgehead atoms. The van der Waals surface area contributed by atoms with E-state index in [1.54, 1.807) is 24.4 Å². The van der Waals surface area contributed by atoms with E-state index in [2.05, 4.69) is 15.2 Å². The first kappa shape index (κ1) is 26.0. The summed E-state index contributed by atoms with van der Waals surface area (Å²) < 4.78 is 33.5. The maximum Gasteiger partial charge on any atom is 0.295 e. The third-order valence-corrected chi connectivity index (χ3v) is 7.88. The third kappa shape index (κ3) is 5.07.